The number of rotatable bonds is 3. The minimum Gasteiger partial charge on any atom is -0.376 e. The van der Waals surface area contributed by atoms with Gasteiger partial charge in [0.05, 0.1) is 11.1 Å². The van der Waals surface area contributed by atoms with Gasteiger partial charge in [-0.2, -0.15) is 0 Å². The van der Waals surface area contributed by atoms with E-state index < -0.39 is 0 Å². The van der Waals surface area contributed by atoms with E-state index in [4.69, 9.17) is 16.3 Å². The van der Waals surface area contributed by atoms with E-state index in [0.29, 0.717) is 16.4 Å². The monoisotopic (exact) mass is 295 g/mol. The van der Waals surface area contributed by atoms with Crippen LogP contribution in [0.2, 0.25) is 5.02 Å². The maximum atomic E-state index is 12.2. The van der Waals surface area contributed by atoms with Crippen molar-refractivity contribution < 1.29 is 9.53 Å². The highest BCUT2D eigenvalue weighted by Gasteiger charge is 2.20. The molecule has 1 aromatic heterocycles. The van der Waals surface area contributed by atoms with Crippen LogP contribution in [0.5, 0.6) is 0 Å². The molecule has 1 atom stereocenters. The summed E-state index contributed by atoms with van der Waals surface area (Å²) in [5, 5.41) is 4.39. The van der Waals surface area contributed by atoms with E-state index in [9.17, 15) is 4.79 Å². The van der Waals surface area contributed by atoms with Crippen LogP contribution in [0.25, 0.3) is 10.1 Å². The van der Waals surface area contributed by atoms with Crippen molar-refractivity contribution in [3.05, 3.63) is 34.2 Å². The molecule has 0 unspecified atom stereocenters. The van der Waals surface area contributed by atoms with Gasteiger partial charge in [-0.15, -0.1) is 11.3 Å². The molecule has 1 amide bonds. The lowest BCUT2D eigenvalue weighted by Crippen LogP contribution is -2.31. The third kappa shape index (κ3) is 2.61. The highest BCUT2D eigenvalue weighted by molar-refractivity contribution is 7.21. The lowest BCUT2D eigenvalue weighted by atomic mass is 10.2. The Kier molecular flexibility index (Phi) is 3.73. The van der Waals surface area contributed by atoms with Gasteiger partial charge in [0.15, 0.2) is 0 Å². The van der Waals surface area contributed by atoms with Crippen molar-refractivity contribution in [3.63, 3.8) is 0 Å². The number of amides is 1. The van der Waals surface area contributed by atoms with Crippen molar-refractivity contribution in [2.24, 2.45) is 0 Å². The number of fused-ring (bicyclic) bond motifs is 1. The van der Waals surface area contributed by atoms with Crippen LogP contribution in [0.4, 0.5) is 0 Å². The van der Waals surface area contributed by atoms with Gasteiger partial charge in [-0.25, -0.2) is 0 Å². The van der Waals surface area contributed by atoms with E-state index in [1.807, 2.05) is 24.3 Å². The third-order valence-corrected chi connectivity index (χ3v) is 4.93. The number of ether oxygens (including phenoxy) is 1. The highest BCUT2D eigenvalue weighted by atomic mass is 35.5. The average molecular weight is 296 g/mol. The standard InChI is InChI=1S/C14H14ClNO2S/c15-12-10-5-1-2-6-11(10)19-13(12)14(17)16-8-9-4-3-7-18-9/h1-2,5-6,9H,3-4,7-8H2,(H,16,17)/t9-/m1/s1. The summed E-state index contributed by atoms with van der Waals surface area (Å²) in [6.07, 6.45) is 2.24. The molecule has 2 heterocycles. The molecule has 3 rings (SSSR count). The summed E-state index contributed by atoms with van der Waals surface area (Å²) in [4.78, 5) is 12.7. The molecule has 19 heavy (non-hydrogen) atoms. The Bertz CT molecular complexity index is 605. The molecule has 3 nitrogen and oxygen atoms in total. The number of carbonyl (C=O) groups excluding carboxylic acids is 1. The van der Waals surface area contributed by atoms with E-state index in [1.54, 1.807) is 0 Å². The maximum Gasteiger partial charge on any atom is 0.263 e. The zero-order valence-corrected chi connectivity index (χ0v) is 11.9. The first-order valence-corrected chi connectivity index (χ1v) is 7.52. The quantitative estimate of drug-likeness (QED) is 0.942. The lowest BCUT2D eigenvalue weighted by Gasteiger charge is -2.09. The first-order valence-electron chi connectivity index (χ1n) is 6.32. The minimum absolute atomic E-state index is 0.110. The van der Waals surface area contributed by atoms with Crippen molar-refractivity contribution in [3.8, 4) is 0 Å². The Balaban J connectivity index is 1.75. The molecule has 0 spiro atoms. The topological polar surface area (TPSA) is 38.3 Å². The highest BCUT2D eigenvalue weighted by Crippen LogP contribution is 2.34. The number of carbonyl (C=O) groups is 1. The molecule has 0 bridgehead atoms. The minimum atomic E-state index is -0.110. The Morgan fingerprint density at radius 3 is 3.05 bits per heavy atom. The van der Waals surface area contributed by atoms with Crippen LogP contribution in [-0.2, 0) is 4.74 Å². The van der Waals surface area contributed by atoms with Crippen LogP contribution in [0, 0.1) is 0 Å². The molecule has 0 saturated carbocycles. The van der Waals surface area contributed by atoms with Gasteiger partial charge < -0.3 is 10.1 Å². The van der Waals surface area contributed by atoms with Gasteiger partial charge in [0.25, 0.3) is 5.91 Å². The second-order valence-electron chi connectivity index (χ2n) is 4.59. The normalized spacial score (nSPS) is 18.9. The van der Waals surface area contributed by atoms with Crippen LogP contribution in [0.3, 0.4) is 0 Å². The summed E-state index contributed by atoms with van der Waals surface area (Å²) in [6, 6.07) is 7.78. The van der Waals surface area contributed by atoms with Crippen LogP contribution >= 0.6 is 22.9 Å². The summed E-state index contributed by atoms with van der Waals surface area (Å²) < 4.78 is 6.52. The Morgan fingerprint density at radius 2 is 2.32 bits per heavy atom. The van der Waals surface area contributed by atoms with Crippen molar-refractivity contribution >= 4 is 38.9 Å². The summed E-state index contributed by atoms with van der Waals surface area (Å²) in [7, 11) is 0. The van der Waals surface area contributed by atoms with Gasteiger partial charge in [0.2, 0.25) is 0 Å². The average Bonchev–Trinajstić information content (AvgIpc) is 3.05. The third-order valence-electron chi connectivity index (χ3n) is 3.26. The molecule has 5 heteroatoms. The van der Waals surface area contributed by atoms with E-state index >= 15 is 0 Å². The second kappa shape index (κ2) is 5.49. The summed E-state index contributed by atoms with van der Waals surface area (Å²) in [5.41, 5.74) is 0. The second-order valence-corrected chi connectivity index (χ2v) is 6.02. The fraction of sp³-hybridized carbons (Fsp3) is 0.357. The molecule has 1 N–H and O–H groups in total. The Hall–Kier alpha value is -1.10. The van der Waals surface area contributed by atoms with E-state index in [-0.39, 0.29) is 12.0 Å². The zero-order valence-electron chi connectivity index (χ0n) is 10.3. The van der Waals surface area contributed by atoms with E-state index in [1.165, 1.54) is 11.3 Å². The molecule has 1 aromatic carbocycles. The fourth-order valence-electron chi connectivity index (χ4n) is 2.25. The first kappa shape index (κ1) is 12.9. The number of hydrogen-bond donors (Lipinski definition) is 1. The maximum absolute atomic E-state index is 12.2. The van der Waals surface area contributed by atoms with Crippen molar-refractivity contribution in [2.45, 2.75) is 18.9 Å². The summed E-state index contributed by atoms with van der Waals surface area (Å²) >= 11 is 7.70. The zero-order chi connectivity index (χ0) is 13.2. The van der Waals surface area contributed by atoms with Crippen LogP contribution in [0.15, 0.2) is 24.3 Å². The van der Waals surface area contributed by atoms with Crippen molar-refractivity contribution in [1.29, 1.82) is 0 Å². The van der Waals surface area contributed by atoms with Gasteiger partial charge >= 0.3 is 0 Å². The molecule has 0 radical (unpaired) electrons. The molecule has 1 aliphatic rings. The van der Waals surface area contributed by atoms with E-state index in [2.05, 4.69) is 5.32 Å². The number of halogens is 1. The first-order chi connectivity index (χ1) is 9.25. The number of thiophene rings is 1. The van der Waals surface area contributed by atoms with E-state index in [0.717, 1.165) is 29.5 Å². The van der Waals surface area contributed by atoms with Gasteiger partial charge in [0, 0.05) is 23.2 Å². The van der Waals surface area contributed by atoms with Gasteiger partial charge in [0.1, 0.15) is 4.88 Å². The van der Waals surface area contributed by atoms with Gasteiger partial charge in [-0.05, 0) is 18.9 Å². The predicted octanol–water partition coefficient (Wildman–Crippen LogP) is 3.46. The number of hydrogen-bond acceptors (Lipinski definition) is 3. The Labute approximate surface area is 120 Å². The SMILES string of the molecule is O=C(NC[C@H]1CCCO1)c1sc2ccccc2c1Cl. The molecule has 1 aliphatic heterocycles. The Morgan fingerprint density at radius 1 is 1.47 bits per heavy atom. The van der Waals surface area contributed by atoms with Gasteiger partial charge in [-0.3, -0.25) is 4.79 Å². The van der Waals surface area contributed by atoms with Crippen LogP contribution in [-0.4, -0.2) is 25.2 Å². The van der Waals surface area contributed by atoms with Crippen molar-refractivity contribution in [1.82, 2.24) is 5.32 Å². The molecule has 2 aromatic rings. The number of nitrogens with one attached hydrogen (secondary N) is 1. The molecule has 1 fully saturated rings. The molecular weight excluding hydrogens is 282 g/mol. The van der Waals surface area contributed by atoms with Crippen molar-refractivity contribution in [2.75, 3.05) is 13.2 Å². The van der Waals surface area contributed by atoms with Gasteiger partial charge in [-0.1, -0.05) is 29.8 Å². The molecule has 0 aliphatic carbocycles. The lowest BCUT2D eigenvalue weighted by molar-refractivity contribution is 0.0861. The fourth-order valence-corrected chi connectivity index (χ4v) is 3.69. The summed E-state index contributed by atoms with van der Waals surface area (Å²) in [6.45, 7) is 1.35. The molecule has 1 saturated heterocycles. The van der Waals surface area contributed by atoms with Crippen LogP contribution < -0.4 is 5.32 Å². The predicted molar refractivity (Wildman–Crippen MR) is 78.1 cm³/mol. The molecule has 100 valence electrons. The molecular formula is C14H14ClNO2S. The number of benzene rings is 1. The smallest absolute Gasteiger partial charge is 0.263 e. The van der Waals surface area contributed by atoms with Crippen LogP contribution in [0.1, 0.15) is 22.5 Å². The summed E-state index contributed by atoms with van der Waals surface area (Å²) in [5.74, 6) is -0.110. The largest absolute Gasteiger partial charge is 0.376 e.